The first-order valence-electron chi connectivity index (χ1n) is 8.77. The molecule has 1 aliphatic carbocycles. The number of hydrogen-bond acceptors (Lipinski definition) is 2. The Bertz CT molecular complexity index is 498. The Morgan fingerprint density at radius 2 is 2.05 bits per heavy atom. The first kappa shape index (κ1) is 16.8. The van der Waals surface area contributed by atoms with Gasteiger partial charge in [0, 0.05) is 18.8 Å². The molecule has 1 fully saturated rings. The minimum Gasteiger partial charge on any atom is -0.367 e. The van der Waals surface area contributed by atoms with E-state index in [9.17, 15) is 4.79 Å². The molecule has 0 bridgehead atoms. The van der Waals surface area contributed by atoms with Crippen molar-refractivity contribution in [3.63, 3.8) is 0 Å². The SMILES string of the molecule is CC.CCCCC1=NC2(CCCC2)C(=O)N1Cc1cc[nH]c1. The molecule has 0 saturated heterocycles. The van der Waals surface area contributed by atoms with Crippen molar-refractivity contribution in [3.8, 4) is 0 Å². The van der Waals surface area contributed by atoms with Crippen molar-refractivity contribution in [2.75, 3.05) is 0 Å². The molecule has 122 valence electrons. The van der Waals surface area contributed by atoms with Crippen molar-refractivity contribution >= 4 is 11.7 Å². The molecule has 1 spiro atoms. The summed E-state index contributed by atoms with van der Waals surface area (Å²) in [6.45, 7) is 6.84. The fourth-order valence-corrected chi connectivity index (χ4v) is 3.34. The fourth-order valence-electron chi connectivity index (χ4n) is 3.34. The molecular formula is C18H29N3O. The zero-order chi connectivity index (χ0) is 16.0. The second kappa shape index (κ2) is 7.61. The number of aromatic nitrogens is 1. The Labute approximate surface area is 134 Å². The molecule has 4 heteroatoms. The molecule has 1 N–H and O–H groups in total. The summed E-state index contributed by atoms with van der Waals surface area (Å²) in [6.07, 6.45) is 11.2. The van der Waals surface area contributed by atoms with E-state index in [0.29, 0.717) is 6.54 Å². The van der Waals surface area contributed by atoms with Crippen molar-refractivity contribution in [2.24, 2.45) is 4.99 Å². The zero-order valence-corrected chi connectivity index (χ0v) is 14.2. The van der Waals surface area contributed by atoms with Gasteiger partial charge in [-0.15, -0.1) is 0 Å². The summed E-state index contributed by atoms with van der Waals surface area (Å²) >= 11 is 0. The lowest BCUT2D eigenvalue weighted by molar-refractivity contribution is -0.131. The van der Waals surface area contributed by atoms with Crippen molar-refractivity contribution < 1.29 is 4.79 Å². The summed E-state index contributed by atoms with van der Waals surface area (Å²) in [5.74, 6) is 1.25. The van der Waals surface area contributed by atoms with Gasteiger partial charge in [-0.2, -0.15) is 0 Å². The number of unbranched alkanes of at least 4 members (excludes halogenated alkanes) is 1. The van der Waals surface area contributed by atoms with Gasteiger partial charge in [0.15, 0.2) is 0 Å². The highest BCUT2D eigenvalue weighted by Crippen LogP contribution is 2.40. The molecule has 3 rings (SSSR count). The highest BCUT2D eigenvalue weighted by atomic mass is 16.2. The fraction of sp³-hybridized carbons (Fsp3) is 0.667. The Kier molecular flexibility index (Phi) is 5.81. The predicted molar refractivity (Wildman–Crippen MR) is 90.8 cm³/mol. The van der Waals surface area contributed by atoms with Crippen LogP contribution in [0, 0.1) is 0 Å². The molecule has 22 heavy (non-hydrogen) atoms. The van der Waals surface area contributed by atoms with E-state index in [1.165, 1.54) is 0 Å². The second-order valence-corrected chi connectivity index (χ2v) is 5.98. The summed E-state index contributed by atoms with van der Waals surface area (Å²) in [5.41, 5.74) is 0.747. The number of amidine groups is 1. The molecule has 1 saturated carbocycles. The summed E-state index contributed by atoms with van der Waals surface area (Å²) < 4.78 is 0. The number of nitrogens with one attached hydrogen (secondary N) is 1. The average Bonchev–Trinajstić information content (AvgIpc) is 3.27. The summed E-state index contributed by atoms with van der Waals surface area (Å²) in [4.78, 5) is 22.7. The molecule has 0 unspecified atom stereocenters. The number of aromatic amines is 1. The van der Waals surface area contributed by atoms with Gasteiger partial charge in [-0.1, -0.05) is 40.0 Å². The minimum absolute atomic E-state index is 0.238. The Hall–Kier alpha value is -1.58. The van der Waals surface area contributed by atoms with E-state index in [4.69, 9.17) is 4.99 Å². The van der Waals surface area contributed by atoms with Gasteiger partial charge >= 0.3 is 0 Å². The van der Waals surface area contributed by atoms with E-state index >= 15 is 0 Å². The van der Waals surface area contributed by atoms with Crippen LogP contribution in [0.1, 0.15) is 71.3 Å². The third kappa shape index (κ3) is 3.26. The first-order valence-corrected chi connectivity index (χ1v) is 8.77. The van der Waals surface area contributed by atoms with Crippen molar-refractivity contribution in [2.45, 2.75) is 77.8 Å². The lowest BCUT2D eigenvalue weighted by Gasteiger charge is -2.22. The molecule has 0 radical (unpaired) electrons. The second-order valence-electron chi connectivity index (χ2n) is 5.98. The van der Waals surface area contributed by atoms with Crippen LogP contribution < -0.4 is 0 Å². The number of nitrogens with zero attached hydrogens (tertiary/aromatic N) is 2. The lowest BCUT2D eigenvalue weighted by Crippen LogP contribution is -2.40. The molecule has 2 heterocycles. The third-order valence-corrected chi connectivity index (χ3v) is 4.49. The van der Waals surface area contributed by atoms with Gasteiger partial charge in [0.25, 0.3) is 5.91 Å². The van der Waals surface area contributed by atoms with Gasteiger partial charge in [-0.3, -0.25) is 14.7 Å². The summed E-state index contributed by atoms with van der Waals surface area (Å²) in [6, 6.07) is 2.03. The maximum atomic E-state index is 12.8. The molecule has 0 aromatic carbocycles. The summed E-state index contributed by atoms with van der Waals surface area (Å²) in [5, 5.41) is 0. The van der Waals surface area contributed by atoms with Gasteiger partial charge in [-0.05, 0) is 30.9 Å². The van der Waals surface area contributed by atoms with E-state index in [0.717, 1.165) is 56.3 Å². The number of hydrogen-bond donors (Lipinski definition) is 1. The quantitative estimate of drug-likeness (QED) is 0.867. The molecule has 0 atom stereocenters. The third-order valence-electron chi connectivity index (χ3n) is 4.49. The van der Waals surface area contributed by atoms with E-state index in [2.05, 4.69) is 11.9 Å². The highest BCUT2D eigenvalue weighted by Gasteiger charge is 2.49. The van der Waals surface area contributed by atoms with Gasteiger partial charge < -0.3 is 4.98 Å². The average molecular weight is 303 g/mol. The topological polar surface area (TPSA) is 48.5 Å². The number of H-pyrrole nitrogens is 1. The van der Waals surface area contributed by atoms with Crippen molar-refractivity contribution in [3.05, 3.63) is 24.0 Å². The minimum atomic E-state index is -0.403. The van der Waals surface area contributed by atoms with Crippen LogP contribution in [0.3, 0.4) is 0 Å². The smallest absolute Gasteiger partial charge is 0.256 e. The van der Waals surface area contributed by atoms with Crippen LogP contribution in [0.2, 0.25) is 0 Å². The van der Waals surface area contributed by atoms with Gasteiger partial charge in [0.1, 0.15) is 11.4 Å². The van der Waals surface area contributed by atoms with Crippen LogP contribution in [-0.2, 0) is 11.3 Å². The van der Waals surface area contributed by atoms with Crippen molar-refractivity contribution in [1.82, 2.24) is 9.88 Å². The highest BCUT2D eigenvalue weighted by molar-refractivity contribution is 6.08. The number of aliphatic imine (C=N–C) groups is 1. The Morgan fingerprint density at radius 1 is 1.32 bits per heavy atom. The molecule has 1 aromatic heterocycles. The van der Waals surface area contributed by atoms with Gasteiger partial charge in [0.2, 0.25) is 0 Å². The molecule has 1 amide bonds. The van der Waals surface area contributed by atoms with Crippen LogP contribution in [0.4, 0.5) is 0 Å². The predicted octanol–water partition coefficient (Wildman–Crippen LogP) is 4.28. The maximum absolute atomic E-state index is 12.8. The van der Waals surface area contributed by atoms with E-state index < -0.39 is 5.54 Å². The molecule has 4 nitrogen and oxygen atoms in total. The van der Waals surface area contributed by atoms with E-state index in [-0.39, 0.29) is 5.91 Å². The number of carbonyl (C=O) groups excluding carboxylic acids is 1. The van der Waals surface area contributed by atoms with Crippen molar-refractivity contribution in [1.29, 1.82) is 0 Å². The van der Waals surface area contributed by atoms with Crippen LogP contribution in [0.25, 0.3) is 0 Å². The van der Waals surface area contributed by atoms with E-state index in [1.54, 1.807) is 0 Å². The standard InChI is InChI=1S/C16H23N3O.C2H6/c1-2-3-6-14-18-16(8-4-5-9-16)15(20)19(14)12-13-7-10-17-11-13;1-2/h7,10-11,17H,2-6,8-9,12H2,1H3;1-2H3. The molecule has 2 aliphatic rings. The zero-order valence-electron chi connectivity index (χ0n) is 14.2. The largest absolute Gasteiger partial charge is 0.367 e. The Balaban J connectivity index is 0.000000847. The van der Waals surface area contributed by atoms with Gasteiger partial charge in [-0.25, -0.2) is 0 Å². The molecule has 1 aliphatic heterocycles. The molecule has 1 aromatic rings. The van der Waals surface area contributed by atoms with Crippen LogP contribution >= 0.6 is 0 Å². The summed E-state index contributed by atoms with van der Waals surface area (Å²) in [7, 11) is 0. The van der Waals surface area contributed by atoms with Gasteiger partial charge in [0.05, 0.1) is 6.54 Å². The van der Waals surface area contributed by atoms with Crippen LogP contribution in [0.15, 0.2) is 23.5 Å². The number of amides is 1. The Morgan fingerprint density at radius 3 is 2.64 bits per heavy atom. The monoisotopic (exact) mass is 303 g/mol. The normalized spacial score (nSPS) is 19.3. The first-order chi connectivity index (χ1) is 10.7. The lowest BCUT2D eigenvalue weighted by atomic mass is 9.98. The maximum Gasteiger partial charge on any atom is 0.256 e. The molecular weight excluding hydrogens is 274 g/mol. The van der Waals surface area contributed by atoms with Crippen LogP contribution in [-0.4, -0.2) is 27.2 Å². The van der Waals surface area contributed by atoms with E-state index in [1.807, 2.05) is 37.2 Å². The number of carbonyl (C=O) groups is 1. The number of rotatable bonds is 5. The van der Waals surface area contributed by atoms with Crippen LogP contribution in [0.5, 0.6) is 0 Å².